The number of benzene rings is 2. The number of aldehydes is 1. The number of aromatic nitrogens is 2. The van der Waals surface area contributed by atoms with Gasteiger partial charge < -0.3 is 40.6 Å². The lowest BCUT2D eigenvalue weighted by Gasteiger charge is -2.29. The lowest BCUT2D eigenvalue weighted by Crippen LogP contribution is -2.40. The third-order valence-corrected chi connectivity index (χ3v) is 7.75. The van der Waals surface area contributed by atoms with Gasteiger partial charge in [0, 0.05) is 46.0 Å². The molecule has 3 aromatic rings. The van der Waals surface area contributed by atoms with Crippen LogP contribution in [0.2, 0.25) is 0 Å². The van der Waals surface area contributed by atoms with Crippen LogP contribution in [0, 0.1) is 4.91 Å². The molecule has 0 radical (unpaired) electrons. The number of likely N-dealkylation sites (tertiary alicyclic amines) is 1. The normalized spacial score (nSPS) is 15.6. The Morgan fingerprint density at radius 3 is 2.70 bits per heavy atom. The Bertz CT molecular complexity index is 1450. The Morgan fingerprint density at radius 1 is 1.20 bits per heavy atom. The SMILES string of the molecule is CN/C=C\C(NCC(COc1ccccc1NC)N=O)=C(/C=O)c1nc2cc(CNC3CCN(C)CC3)c(COC)cc2[nH]1. The fourth-order valence-corrected chi connectivity index (χ4v) is 5.19. The highest BCUT2D eigenvalue weighted by Crippen LogP contribution is 2.25. The van der Waals surface area contributed by atoms with Crippen LogP contribution in [-0.4, -0.2) is 87.7 Å². The highest BCUT2D eigenvalue weighted by Gasteiger charge is 2.19. The summed E-state index contributed by atoms with van der Waals surface area (Å²) in [4.78, 5) is 34.6. The van der Waals surface area contributed by atoms with Crippen LogP contribution in [0.25, 0.3) is 16.6 Å². The van der Waals surface area contributed by atoms with Crippen molar-refractivity contribution in [3.8, 4) is 5.75 Å². The zero-order valence-corrected chi connectivity index (χ0v) is 26.0. The number of carbonyl (C=O) groups is 1. The molecule has 1 aliphatic heterocycles. The van der Waals surface area contributed by atoms with Crippen molar-refractivity contribution < 1.29 is 14.3 Å². The number of imidazole rings is 1. The molecule has 1 fully saturated rings. The molecule has 1 unspecified atom stereocenters. The van der Waals surface area contributed by atoms with Crippen LogP contribution < -0.4 is 26.0 Å². The van der Waals surface area contributed by atoms with Gasteiger partial charge in [0.05, 0.1) is 28.9 Å². The average molecular weight is 605 g/mol. The van der Waals surface area contributed by atoms with Gasteiger partial charge in [-0.2, -0.15) is 4.91 Å². The van der Waals surface area contributed by atoms with Gasteiger partial charge in [0.2, 0.25) is 0 Å². The molecule has 4 rings (SSSR count). The molecule has 0 bridgehead atoms. The molecule has 1 aromatic heterocycles. The maximum atomic E-state index is 12.5. The van der Waals surface area contributed by atoms with Crippen LogP contribution in [0.1, 0.15) is 29.8 Å². The van der Waals surface area contributed by atoms with Gasteiger partial charge in [0.25, 0.3) is 0 Å². The standard InChI is InChI=1S/C32H44N8O4/c1-33-12-9-27(36-18-25(39-42)21-44-31-8-6-5-7-28(31)34-2)26(19-41)32-37-29-15-22(23(20-43-4)16-30(29)38-32)17-35-24-10-13-40(3)14-11-24/h5-9,12,15-16,19,24-25,33-36H,10-11,13-14,17-18,20-21H2,1-4H3,(H,37,38)/b12-9-,27-26-. The minimum Gasteiger partial charge on any atom is -0.489 e. The summed E-state index contributed by atoms with van der Waals surface area (Å²) in [7, 11) is 7.40. The number of nitroso groups, excluding NO2 is 1. The summed E-state index contributed by atoms with van der Waals surface area (Å²) in [5, 5.41) is 16.2. The van der Waals surface area contributed by atoms with E-state index in [-0.39, 0.29) is 13.2 Å². The highest BCUT2D eigenvalue weighted by atomic mass is 16.5. The molecular formula is C32H44N8O4. The van der Waals surface area contributed by atoms with Gasteiger partial charge in [-0.1, -0.05) is 17.3 Å². The smallest absolute Gasteiger partial charge is 0.155 e. The number of fused-ring (bicyclic) bond motifs is 1. The van der Waals surface area contributed by atoms with Crippen molar-refractivity contribution in [3.63, 3.8) is 0 Å². The Labute approximate surface area is 258 Å². The molecule has 236 valence electrons. The lowest BCUT2D eigenvalue weighted by atomic mass is 10.0. The minimum absolute atomic E-state index is 0.0654. The van der Waals surface area contributed by atoms with Gasteiger partial charge >= 0.3 is 0 Å². The first kappa shape index (κ1) is 32.6. The number of nitrogens with one attached hydrogen (secondary N) is 5. The Hall–Kier alpha value is -4.26. The molecular weight excluding hydrogens is 560 g/mol. The topological polar surface area (TPSA) is 145 Å². The monoisotopic (exact) mass is 604 g/mol. The second-order valence-corrected chi connectivity index (χ2v) is 10.9. The fourth-order valence-electron chi connectivity index (χ4n) is 5.19. The maximum Gasteiger partial charge on any atom is 0.155 e. The minimum atomic E-state index is -0.710. The van der Waals surface area contributed by atoms with E-state index in [4.69, 9.17) is 14.5 Å². The van der Waals surface area contributed by atoms with Crippen LogP contribution in [0.4, 0.5) is 5.69 Å². The van der Waals surface area contributed by atoms with E-state index in [1.54, 1.807) is 33.5 Å². The number of aromatic amines is 1. The number of carbonyl (C=O) groups excluding carboxylic acids is 1. The zero-order valence-electron chi connectivity index (χ0n) is 26.0. The number of anilines is 1. The van der Waals surface area contributed by atoms with Crippen LogP contribution in [-0.2, 0) is 22.7 Å². The van der Waals surface area contributed by atoms with Gasteiger partial charge in [-0.15, -0.1) is 0 Å². The fraction of sp³-hybridized carbons (Fsp3) is 0.438. The highest BCUT2D eigenvalue weighted by molar-refractivity contribution is 6.08. The average Bonchev–Trinajstić information content (AvgIpc) is 3.45. The van der Waals surface area contributed by atoms with Crippen LogP contribution in [0.3, 0.4) is 0 Å². The van der Waals surface area contributed by atoms with Gasteiger partial charge in [-0.25, -0.2) is 4.98 Å². The first-order valence-corrected chi connectivity index (χ1v) is 14.9. The molecule has 44 heavy (non-hydrogen) atoms. The number of methoxy groups -OCH3 is 1. The van der Waals surface area contributed by atoms with E-state index in [9.17, 15) is 9.70 Å². The van der Waals surface area contributed by atoms with Crippen molar-refractivity contribution in [2.45, 2.75) is 38.1 Å². The number of hydrogen-bond acceptors (Lipinski definition) is 11. The van der Waals surface area contributed by atoms with E-state index in [1.807, 2.05) is 30.3 Å². The summed E-state index contributed by atoms with van der Waals surface area (Å²) < 4.78 is 11.4. The van der Waals surface area contributed by atoms with E-state index in [2.05, 4.69) is 49.4 Å². The number of allylic oxidation sites excluding steroid dienone is 2. The summed E-state index contributed by atoms with van der Waals surface area (Å²) in [6.45, 7) is 3.56. The summed E-state index contributed by atoms with van der Waals surface area (Å²) in [6, 6.07) is 11.3. The van der Waals surface area contributed by atoms with Crippen LogP contribution >= 0.6 is 0 Å². The summed E-state index contributed by atoms with van der Waals surface area (Å²) in [6.07, 6.45) is 6.40. The van der Waals surface area contributed by atoms with Gasteiger partial charge in [-0.05, 0) is 80.6 Å². The lowest BCUT2D eigenvalue weighted by molar-refractivity contribution is -0.103. The van der Waals surface area contributed by atoms with Crippen LogP contribution in [0.15, 0.2) is 59.5 Å². The zero-order chi connectivity index (χ0) is 31.3. The van der Waals surface area contributed by atoms with E-state index in [0.717, 1.165) is 60.1 Å². The maximum absolute atomic E-state index is 12.5. The molecule has 0 saturated carbocycles. The molecule has 1 atom stereocenters. The number of ether oxygens (including phenoxy) is 2. The third kappa shape index (κ3) is 8.65. The van der Waals surface area contributed by atoms with E-state index in [1.165, 1.54) is 0 Å². The molecule has 12 nitrogen and oxygen atoms in total. The molecule has 2 heterocycles. The van der Waals surface area contributed by atoms with Crippen molar-refractivity contribution in [1.82, 2.24) is 30.8 Å². The van der Waals surface area contributed by atoms with Crippen molar-refractivity contribution in [2.75, 3.05) is 59.8 Å². The van der Waals surface area contributed by atoms with Crippen molar-refractivity contribution >= 4 is 28.6 Å². The number of piperidine rings is 1. The molecule has 0 amide bonds. The Kier molecular flexibility index (Phi) is 12.3. The molecule has 12 heteroatoms. The van der Waals surface area contributed by atoms with E-state index >= 15 is 0 Å². The molecule has 0 aliphatic carbocycles. The predicted octanol–water partition coefficient (Wildman–Crippen LogP) is 3.38. The first-order valence-electron chi connectivity index (χ1n) is 14.9. The molecule has 5 N–H and O–H groups in total. The van der Waals surface area contributed by atoms with Gasteiger partial charge in [0.15, 0.2) is 6.29 Å². The second-order valence-electron chi connectivity index (χ2n) is 10.9. The largest absolute Gasteiger partial charge is 0.489 e. The number of hydrogen-bond donors (Lipinski definition) is 5. The summed E-state index contributed by atoms with van der Waals surface area (Å²) in [5.41, 5.74) is 5.33. The number of para-hydroxylation sites is 2. The second kappa shape index (κ2) is 16.6. The Balaban J connectivity index is 1.54. The molecule has 2 aromatic carbocycles. The number of rotatable bonds is 17. The number of H-pyrrole nitrogens is 1. The third-order valence-electron chi connectivity index (χ3n) is 7.75. The van der Waals surface area contributed by atoms with Crippen LogP contribution in [0.5, 0.6) is 5.75 Å². The van der Waals surface area contributed by atoms with E-state index in [0.29, 0.717) is 42.0 Å². The summed E-state index contributed by atoms with van der Waals surface area (Å²) in [5.74, 6) is 1.04. The Morgan fingerprint density at radius 2 is 2.00 bits per heavy atom. The first-order chi connectivity index (χ1) is 21.5. The van der Waals surface area contributed by atoms with E-state index < -0.39 is 6.04 Å². The quantitative estimate of drug-likeness (QED) is 0.0673. The van der Waals surface area contributed by atoms with Crippen molar-refractivity contribution in [2.24, 2.45) is 5.18 Å². The number of nitrogens with zero attached hydrogens (tertiary/aromatic N) is 3. The van der Waals surface area contributed by atoms with Crippen molar-refractivity contribution in [3.05, 3.63) is 76.2 Å². The molecule has 1 saturated heterocycles. The predicted molar refractivity (Wildman–Crippen MR) is 174 cm³/mol. The van der Waals surface area contributed by atoms with Gasteiger partial charge in [-0.3, -0.25) is 4.79 Å². The summed E-state index contributed by atoms with van der Waals surface area (Å²) >= 11 is 0. The molecule has 1 aliphatic rings. The van der Waals surface area contributed by atoms with Crippen molar-refractivity contribution in [1.29, 1.82) is 0 Å². The van der Waals surface area contributed by atoms with Gasteiger partial charge in [0.1, 0.15) is 24.2 Å². The molecule has 0 spiro atoms.